The van der Waals surface area contributed by atoms with Gasteiger partial charge in [-0.25, -0.2) is 0 Å². The highest BCUT2D eigenvalue weighted by Crippen LogP contribution is 2.49. The molecular formula is C17H9ClF7N. The lowest BCUT2D eigenvalue weighted by Gasteiger charge is -2.28. The van der Waals surface area contributed by atoms with Gasteiger partial charge in [0.1, 0.15) is 0 Å². The molecule has 0 amide bonds. The van der Waals surface area contributed by atoms with Crippen molar-refractivity contribution in [2.24, 2.45) is 4.99 Å². The Morgan fingerprint density at radius 2 is 1.38 bits per heavy atom. The van der Waals surface area contributed by atoms with Crippen LogP contribution in [0.5, 0.6) is 0 Å². The Morgan fingerprint density at radius 3 is 1.96 bits per heavy atom. The average molecular weight is 396 g/mol. The number of alkyl halides is 7. The molecule has 138 valence electrons. The topological polar surface area (TPSA) is 12.4 Å². The molecule has 1 heterocycles. The average Bonchev–Trinajstić information content (AvgIpc) is 2.98. The molecule has 2 aromatic carbocycles. The summed E-state index contributed by atoms with van der Waals surface area (Å²) in [5.74, 6) is -11.6. The largest absolute Gasteiger partial charge is 0.460 e. The summed E-state index contributed by atoms with van der Waals surface area (Å²) < 4.78 is 91.0. The van der Waals surface area contributed by atoms with Gasteiger partial charge in [-0.05, 0) is 41.0 Å². The summed E-state index contributed by atoms with van der Waals surface area (Å²) in [5.41, 5.74) is -0.177. The first-order chi connectivity index (χ1) is 11.9. The van der Waals surface area contributed by atoms with Crippen molar-refractivity contribution in [3.8, 4) is 11.1 Å². The van der Waals surface area contributed by atoms with Crippen molar-refractivity contribution < 1.29 is 30.7 Å². The van der Waals surface area contributed by atoms with Gasteiger partial charge < -0.3 is 0 Å². The Kier molecular flexibility index (Phi) is 4.29. The van der Waals surface area contributed by atoms with Crippen molar-refractivity contribution in [2.45, 2.75) is 24.4 Å². The lowest BCUT2D eigenvalue weighted by Crippen LogP contribution is -2.56. The fraction of sp³-hybridized carbons (Fsp3) is 0.235. The van der Waals surface area contributed by atoms with E-state index in [0.29, 0.717) is 16.1 Å². The number of hydrogen-bond acceptors (Lipinski definition) is 1. The SMILES string of the molecule is FC(F)(F)C(F)(F)C(F)(F)C1=Nc2ccc(-c3ccc(Cl)cc3)cc2C1. The molecule has 26 heavy (non-hydrogen) atoms. The Balaban J connectivity index is 1.92. The summed E-state index contributed by atoms with van der Waals surface area (Å²) >= 11 is 5.78. The number of fused-ring (bicyclic) bond motifs is 1. The summed E-state index contributed by atoms with van der Waals surface area (Å²) in [5, 5.41) is 0.481. The van der Waals surface area contributed by atoms with Gasteiger partial charge in [-0.15, -0.1) is 0 Å². The molecule has 0 fully saturated rings. The molecule has 0 bridgehead atoms. The normalized spacial score (nSPS) is 15.0. The van der Waals surface area contributed by atoms with Crippen LogP contribution < -0.4 is 0 Å². The lowest BCUT2D eigenvalue weighted by molar-refractivity contribution is -0.336. The molecule has 3 rings (SSSR count). The van der Waals surface area contributed by atoms with Crippen LogP contribution in [0.3, 0.4) is 0 Å². The molecule has 1 aliphatic heterocycles. The molecule has 2 aromatic rings. The van der Waals surface area contributed by atoms with Crippen molar-refractivity contribution in [3.63, 3.8) is 0 Å². The first-order valence-electron chi connectivity index (χ1n) is 7.23. The summed E-state index contributed by atoms with van der Waals surface area (Å²) in [6.07, 6.45) is -7.18. The zero-order valence-electron chi connectivity index (χ0n) is 12.7. The van der Waals surface area contributed by atoms with Crippen LogP contribution in [-0.4, -0.2) is 23.7 Å². The van der Waals surface area contributed by atoms with Gasteiger partial charge in [0.2, 0.25) is 0 Å². The third-order valence-corrected chi connectivity index (χ3v) is 4.24. The maximum Gasteiger partial charge on any atom is 0.460 e. The lowest BCUT2D eigenvalue weighted by atomic mass is 9.98. The van der Waals surface area contributed by atoms with Crippen LogP contribution in [0.4, 0.5) is 36.4 Å². The van der Waals surface area contributed by atoms with Crippen LogP contribution in [0.1, 0.15) is 5.56 Å². The standard InChI is InChI=1S/C17H9ClF7N/c18-12-4-1-9(2-5-12)10-3-6-13-11(7-10)8-14(26-13)15(19,20)16(21,22)17(23,24)25/h1-7H,8H2. The summed E-state index contributed by atoms with van der Waals surface area (Å²) in [6, 6.07) is 10.8. The predicted molar refractivity (Wildman–Crippen MR) is 83.6 cm³/mol. The summed E-state index contributed by atoms with van der Waals surface area (Å²) in [7, 11) is 0. The van der Waals surface area contributed by atoms with Crippen molar-refractivity contribution in [1.82, 2.24) is 0 Å². The minimum Gasteiger partial charge on any atom is -0.251 e. The second kappa shape index (κ2) is 5.97. The molecule has 0 atom stereocenters. The molecule has 0 saturated carbocycles. The van der Waals surface area contributed by atoms with Gasteiger partial charge in [0.15, 0.2) is 0 Å². The highest BCUT2D eigenvalue weighted by atomic mass is 35.5. The van der Waals surface area contributed by atoms with E-state index in [9.17, 15) is 30.7 Å². The molecule has 0 aliphatic carbocycles. The van der Waals surface area contributed by atoms with Gasteiger partial charge in [-0.3, -0.25) is 4.99 Å². The van der Waals surface area contributed by atoms with Crippen LogP contribution in [-0.2, 0) is 6.42 Å². The maximum absolute atomic E-state index is 13.8. The number of nitrogens with zero attached hydrogens (tertiary/aromatic N) is 1. The van der Waals surface area contributed by atoms with Crippen molar-refractivity contribution >= 4 is 23.0 Å². The minimum atomic E-state index is -6.39. The molecule has 1 nitrogen and oxygen atoms in total. The van der Waals surface area contributed by atoms with Gasteiger partial charge in [0.05, 0.1) is 11.4 Å². The monoisotopic (exact) mass is 395 g/mol. The van der Waals surface area contributed by atoms with Crippen LogP contribution in [0.2, 0.25) is 5.02 Å². The highest BCUT2D eigenvalue weighted by Gasteiger charge is 2.74. The van der Waals surface area contributed by atoms with Crippen molar-refractivity contribution in [3.05, 3.63) is 53.1 Å². The van der Waals surface area contributed by atoms with E-state index in [4.69, 9.17) is 11.6 Å². The van der Waals surface area contributed by atoms with Crippen molar-refractivity contribution in [1.29, 1.82) is 0 Å². The number of halogens is 8. The zero-order valence-corrected chi connectivity index (χ0v) is 13.5. The third-order valence-electron chi connectivity index (χ3n) is 3.98. The van der Waals surface area contributed by atoms with E-state index in [0.717, 1.165) is 0 Å². The van der Waals surface area contributed by atoms with Gasteiger partial charge in [-0.1, -0.05) is 29.8 Å². The Hall–Kier alpha value is -2.09. The van der Waals surface area contributed by atoms with Gasteiger partial charge >= 0.3 is 18.0 Å². The highest BCUT2D eigenvalue weighted by molar-refractivity contribution is 6.30. The molecule has 0 saturated heterocycles. The van der Waals surface area contributed by atoms with E-state index in [1.165, 1.54) is 18.2 Å². The van der Waals surface area contributed by atoms with Gasteiger partial charge in [0.25, 0.3) is 0 Å². The van der Waals surface area contributed by atoms with E-state index in [1.54, 1.807) is 24.3 Å². The van der Waals surface area contributed by atoms with Gasteiger partial charge in [0, 0.05) is 11.4 Å². The molecular weight excluding hydrogens is 387 g/mol. The van der Waals surface area contributed by atoms with E-state index in [-0.39, 0.29) is 11.3 Å². The summed E-state index contributed by atoms with van der Waals surface area (Å²) in [6.45, 7) is 0. The minimum absolute atomic E-state index is 0.0598. The van der Waals surface area contributed by atoms with E-state index < -0.39 is 30.2 Å². The Morgan fingerprint density at radius 1 is 0.808 bits per heavy atom. The number of benzene rings is 2. The molecule has 1 aliphatic rings. The van der Waals surface area contributed by atoms with E-state index >= 15 is 0 Å². The fourth-order valence-corrected chi connectivity index (χ4v) is 2.69. The summed E-state index contributed by atoms with van der Waals surface area (Å²) in [4.78, 5) is 3.32. The number of aliphatic imine (C=N–C) groups is 1. The first-order valence-corrected chi connectivity index (χ1v) is 7.60. The Bertz CT molecular complexity index is 870. The number of hydrogen-bond donors (Lipinski definition) is 0. The van der Waals surface area contributed by atoms with E-state index in [2.05, 4.69) is 4.99 Å². The van der Waals surface area contributed by atoms with Crippen LogP contribution >= 0.6 is 11.6 Å². The van der Waals surface area contributed by atoms with Crippen LogP contribution in [0.15, 0.2) is 47.5 Å². The molecule has 9 heteroatoms. The fourth-order valence-electron chi connectivity index (χ4n) is 2.56. The quantitative estimate of drug-likeness (QED) is 0.528. The second-order valence-electron chi connectivity index (χ2n) is 5.73. The van der Waals surface area contributed by atoms with Gasteiger partial charge in [-0.2, -0.15) is 30.7 Å². The molecule has 0 spiro atoms. The van der Waals surface area contributed by atoms with Crippen LogP contribution in [0.25, 0.3) is 11.1 Å². The Labute approximate surface area is 148 Å². The predicted octanol–water partition coefficient (Wildman–Crippen LogP) is 6.47. The third kappa shape index (κ3) is 2.96. The van der Waals surface area contributed by atoms with E-state index in [1.807, 2.05) is 0 Å². The molecule has 0 N–H and O–H groups in total. The second-order valence-corrected chi connectivity index (χ2v) is 6.17. The smallest absolute Gasteiger partial charge is 0.251 e. The van der Waals surface area contributed by atoms with Crippen molar-refractivity contribution in [2.75, 3.05) is 0 Å². The first kappa shape index (κ1) is 18.7. The maximum atomic E-state index is 13.8. The number of rotatable bonds is 3. The molecule has 0 unspecified atom stereocenters. The molecule has 0 radical (unpaired) electrons. The van der Waals surface area contributed by atoms with Crippen LogP contribution in [0, 0.1) is 0 Å². The molecule has 0 aromatic heterocycles. The zero-order chi connectivity index (χ0) is 19.3.